The van der Waals surface area contributed by atoms with Gasteiger partial charge in [0.15, 0.2) is 0 Å². The smallest absolute Gasteiger partial charge is 0.393 e. The molecule has 0 bridgehead atoms. The first-order chi connectivity index (χ1) is 14.6. The van der Waals surface area contributed by atoms with Gasteiger partial charge < -0.3 is 20.4 Å². The van der Waals surface area contributed by atoms with Gasteiger partial charge in [-0.2, -0.15) is 0 Å². The van der Waals surface area contributed by atoms with Crippen LogP contribution in [0, 0.1) is 6.92 Å². The molecule has 4 rings (SSSR count). The predicted molar refractivity (Wildman–Crippen MR) is 118 cm³/mol. The van der Waals surface area contributed by atoms with Gasteiger partial charge in [0.1, 0.15) is 0 Å². The minimum atomic E-state index is -0.524. The number of carbonyl (C=O) groups is 1. The maximum absolute atomic E-state index is 12.3. The fourth-order valence-corrected chi connectivity index (χ4v) is 3.30. The summed E-state index contributed by atoms with van der Waals surface area (Å²) in [6.07, 6.45) is 3.01. The van der Waals surface area contributed by atoms with Gasteiger partial charge in [-0.25, -0.2) is 14.8 Å². The molecule has 0 aliphatic heterocycles. The maximum atomic E-state index is 12.3. The third-order valence-corrected chi connectivity index (χ3v) is 4.74. The zero-order chi connectivity index (χ0) is 20.9. The van der Waals surface area contributed by atoms with Gasteiger partial charge in [0, 0.05) is 37.1 Å². The Kier molecular flexibility index (Phi) is 5.61. The second-order valence-electron chi connectivity index (χ2n) is 6.89. The first-order valence-electron chi connectivity index (χ1n) is 9.82. The van der Waals surface area contributed by atoms with Gasteiger partial charge in [-0.1, -0.05) is 42.5 Å². The van der Waals surface area contributed by atoms with Gasteiger partial charge in [0.05, 0.1) is 5.69 Å². The average molecular weight is 401 g/mol. The summed E-state index contributed by atoms with van der Waals surface area (Å²) in [4.78, 5) is 24.1. The molecule has 0 unspecified atom stereocenters. The number of anilines is 1. The second-order valence-corrected chi connectivity index (χ2v) is 6.89. The molecule has 0 saturated carbocycles. The standard InChI is InChI=1S/C23H23N5O2/c1-3-24-22-26-12-15(2)21(28-22)18-11-20(25-14-18)30-23(29)27-13-17-9-6-8-16-7-4-5-10-19(16)17/h4-12,14,25H,3,13H2,1-2H3,(H,27,29)(H,24,26,28). The Morgan fingerprint density at radius 1 is 1.17 bits per heavy atom. The van der Waals surface area contributed by atoms with Crippen molar-refractivity contribution in [1.82, 2.24) is 20.3 Å². The van der Waals surface area contributed by atoms with Crippen LogP contribution in [0.5, 0.6) is 5.88 Å². The van der Waals surface area contributed by atoms with E-state index >= 15 is 0 Å². The molecule has 2 aromatic carbocycles. The van der Waals surface area contributed by atoms with E-state index in [0.29, 0.717) is 18.4 Å². The quantitative estimate of drug-likeness (QED) is 0.437. The molecule has 0 saturated heterocycles. The van der Waals surface area contributed by atoms with E-state index in [4.69, 9.17) is 4.74 Å². The van der Waals surface area contributed by atoms with E-state index in [9.17, 15) is 4.79 Å². The van der Waals surface area contributed by atoms with Crippen LogP contribution in [0.15, 0.2) is 60.9 Å². The van der Waals surface area contributed by atoms with Gasteiger partial charge in [-0.05, 0) is 35.7 Å². The number of ether oxygens (including phenoxy) is 1. The minimum Gasteiger partial charge on any atom is -0.393 e. The van der Waals surface area contributed by atoms with E-state index in [-0.39, 0.29) is 0 Å². The Morgan fingerprint density at radius 2 is 2.00 bits per heavy atom. The molecule has 0 aliphatic carbocycles. The lowest BCUT2D eigenvalue weighted by molar-refractivity contribution is 0.198. The summed E-state index contributed by atoms with van der Waals surface area (Å²) in [7, 11) is 0. The van der Waals surface area contributed by atoms with Gasteiger partial charge in [0.2, 0.25) is 11.8 Å². The molecule has 1 amide bonds. The largest absolute Gasteiger partial charge is 0.414 e. The van der Waals surface area contributed by atoms with E-state index in [1.54, 1.807) is 18.5 Å². The van der Waals surface area contributed by atoms with Gasteiger partial charge in [-0.3, -0.25) is 0 Å². The number of rotatable bonds is 6. The van der Waals surface area contributed by atoms with Crippen LogP contribution in [0.3, 0.4) is 0 Å². The van der Waals surface area contributed by atoms with Gasteiger partial charge in [0.25, 0.3) is 0 Å². The number of aromatic nitrogens is 3. The van der Waals surface area contributed by atoms with Crippen molar-refractivity contribution in [3.63, 3.8) is 0 Å². The first kappa shape index (κ1) is 19.4. The van der Waals surface area contributed by atoms with Crippen LogP contribution in [-0.4, -0.2) is 27.6 Å². The molecule has 0 spiro atoms. The Labute approximate surface area is 174 Å². The Bertz CT molecular complexity index is 1180. The number of carbonyl (C=O) groups excluding carboxylic acids is 1. The Hall–Kier alpha value is -3.87. The fourth-order valence-electron chi connectivity index (χ4n) is 3.30. The molecule has 0 atom stereocenters. The van der Waals surface area contributed by atoms with Crippen LogP contribution < -0.4 is 15.4 Å². The molecular formula is C23H23N5O2. The van der Waals surface area contributed by atoms with Crippen LogP contribution in [0.25, 0.3) is 22.0 Å². The number of hydrogen-bond acceptors (Lipinski definition) is 5. The number of amides is 1. The molecule has 4 aromatic rings. The predicted octanol–water partition coefficient (Wildman–Crippen LogP) is 4.65. The van der Waals surface area contributed by atoms with Crippen molar-refractivity contribution in [2.75, 3.05) is 11.9 Å². The molecule has 2 aromatic heterocycles. The lowest BCUT2D eigenvalue weighted by Gasteiger charge is -2.08. The summed E-state index contributed by atoms with van der Waals surface area (Å²) in [5.74, 6) is 0.915. The molecule has 0 aliphatic rings. The average Bonchev–Trinajstić information content (AvgIpc) is 3.22. The van der Waals surface area contributed by atoms with E-state index in [1.807, 2.05) is 56.3 Å². The highest BCUT2D eigenvalue weighted by atomic mass is 16.6. The van der Waals surface area contributed by atoms with Crippen LogP contribution in [0.1, 0.15) is 18.1 Å². The summed E-state index contributed by atoms with van der Waals surface area (Å²) >= 11 is 0. The number of nitrogens with one attached hydrogen (secondary N) is 3. The molecule has 152 valence electrons. The second kappa shape index (κ2) is 8.65. The van der Waals surface area contributed by atoms with Crippen molar-refractivity contribution < 1.29 is 9.53 Å². The third kappa shape index (κ3) is 4.25. The minimum absolute atomic E-state index is 0.350. The highest BCUT2D eigenvalue weighted by molar-refractivity contribution is 5.86. The zero-order valence-corrected chi connectivity index (χ0v) is 16.9. The lowest BCUT2D eigenvalue weighted by Crippen LogP contribution is -2.26. The lowest BCUT2D eigenvalue weighted by atomic mass is 10.0. The molecular weight excluding hydrogens is 378 g/mol. The SMILES string of the molecule is CCNc1ncc(C)c(-c2c[nH]c(OC(=O)NCc3cccc4ccccc34)c2)n1. The highest BCUT2D eigenvalue weighted by Crippen LogP contribution is 2.25. The number of aromatic amines is 1. The zero-order valence-electron chi connectivity index (χ0n) is 16.9. The summed E-state index contributed by atoms with van der Waals surface area (Å²) < 4.78 is 5.40. The summed E-state index contributed by atoms with van der Waals surface area (Å²) in [6.45, 7) is 5.04. The molecule has 7 heteroatoms. The number of hydrogen-bond donors (Lipinski definition) is 3. The monoisotopic (exact) mass is 401 g/mol. The fraction of sp³-hybridized carbons (Fsp3) is 0.174. The van der Waals surface area contributed by atoms with E-state index in [2.05, 4.69) is 25.6 Å². The van der Waals surface area contributed by atoms with Crippen LogP contribution in [0.4, 0.5) is 10.7 Å². The van der Waals surface area contributed by atoms with Crippen molar-refractivity contribution in [2.45, 2.75) is 20.4 Å². The molecule has 7 nitrogen and oxygen atoms in total. The number of aryl methyl sites for hydroxylation is 1. The topological polar surface area (TPSA) is 91.9 Å². The van der Waals surface area contributed by atoms with Gasteiger partial charge >= 0.3 is 6.09 Å². The number of nitrogens with zero attached hydrogens (tertiary/aromatic N) is 2. The van der Waals surface area contributed by atoms with E-state index in [0.717, 1.165) is 39.7 Å². The van der Waals surface area contributed by atoms with Crippen molar-refractivity contribution in [3.8, 4) is 17.1 Å². The van der Waals surface area contributed by atoms with Crippen LogP contribution in [-0.2, 0) is 6.54 Å². The van der Waals surface area contributed by atoms with Crippen LogP contribution in [0.2, 0.25) is 0 Å². The third-order valence-electron chi connectivity index (χ3n) is 4.74. The highest BCUT2D eigenvalue weighted by Gasteiger charge is 2.12. The summed E-state index contributed by atoms with van der Waals surface area (Å²) in [5, 5.41) is 8.16. The summed E-state index contributed by atoms with van der Waals surface area (Å²) in [5.41, 5.74) is 3.57. The number of benzene rings is 2. The van der Waals surface area contributed by atoms with E-state index < -0.39 is 6.09 Å². The van der Waals surface area contributed by atoms with Crippen molar-refractivity contribution in [3.05, 3.63) is 72.1 Å². The summed E-state index contributed by atoms with van der Waals surface area (Å²) in [6, 6.07) is 15.9. The number of H-pyrrole nitrogens is 1. The van der Waals surface area contributed by atoms with E-state index in [1.165, 1.54) is 0 Å². The molecule has 0 radical (unpaired) electrons. The Morgan fingerprint density at radius 3 is 2.87 bits per heavy atom. The van der Waals surface area contributed by atoms with Gasteiger partial charge in [-0.15, -0.1) is 0 Å². The van der Waals surface area contributed by atoms with Crippen LogP contribution >= 0.6 is 0 Å². The molecule has 0 fully saturated rings. The van der Waals surface area contributed by atoms with Crippen molar-refractivity contribution >= 4 is 22.8 Å². The molecule has 30 heavy (non-hydrogen) atoms. The molecule has 2 heterocycles. The normalized spacial score (nSPS) is 10.7. The van der Waals surface area contributed by atoms with Crippen molar-refractivity contribution in [1.29, 1.82) is 0 Å². The molecule has 3 N–H and O–H groups in total. The first-order valence-corrected chi connectivity index (χ1v) is 9.82. The maximum Gasteiger partial charge on any atom is 0.414 e. The Balaban J connectivity index is 1.42. The number of fused-ring (bicyclic) bond motifs is 1. The van der Waals surface area contributed by atoms with Crippen molar-refractivity contribution in [2.24, 2.45) is 0 Å².